The first-order chi connectivity index (χ1) is 15.1. The van der Waals surface area contributed by atoms with Gasteiger partial charge in [-0.25, -0.2) is 0 Å². The van der Waals surface area contributed by atoms with E-state index in [4.69, 9.17) is 4.74 Å². The lowest BCUT2D eigenvalue weighted by Gasteiger charge is -2.33. The molecular formula is C24H25N3O4. The quantitative estimate of drug-likeness (QED) is 0.798. The van der Waals surface area contributed by atoms with Crippen molar-refractivity contribution in [2.45, 2.75) is 44.2 Å². The molecule has 3 atom stereocenters. The number of carbonyl (C=O) groups excluding carboxylic acids is 3. The van der Waals surface area contributed by atoms with E-state index in [9.17, 15) is 14.4 Å². The summed E-state index contributed by atoms with van der Waals surface area (Å²) in [5.41, 5.74) is 1.71. The fraction of sp³-hybridized carbons (Fsp3) is 0.375. The number of carbonyl (C=O) groups is 3. The molecule has 0 bridgehead atoms. The number of likely N-dealkylation sites (tertiary alicyclic amines) is 1. The molecule has 2 aromatic carbocycles. The first-order valence-corrected chi connectivity index (χ1v) is 10.9. The normalized spacial score (nSPS) is 24.5. The predicted octanol–water partition coefficient (Wildman–Crippen LogP) is 3.43. The number of ether oxygens (including phenoxy) is 1. The first kappa shape index (κ1) is 19.6. The lowest BCUT2D eigenvalue weighted by molar-refractivity contribution is -0.120. The van der Waals surface area contributed by atoms with E-state index in [0.29, 0.717) is 35.0 Å². The Bertz CT molecular complexity index is 1020. The van der Waals surface area contributed by atoms with Crippen LogP contribution in [0.3, 0.4) is 0 Å². The van der Waals surface area contributed by atoms with E-state index >= 15 is 0 Å². The molecule has 7 nitrogen and oxygen atoms in total. The van der Waals surface area contributed by atoms with Crippen molar-refractivity contribution in [3.63, 3.8) is 0 Å². The van der Waals surface area contributed by atoms with Gasteiger partial charge in [0.25, 0.3) is 11.8 Å². The molecule has 0 spiro atoms. The maximum Gasteiger partial charge on any atom is 0.262 e. The number of rotatable bonds is 3. The van der Waals surface area contributed by atoms with E-state index in [2.05, 4.69) is 10.6 Å². The molecule has 2 heterocycles. The van der Waals surface area contributed by atoms with Crippen LogP contribution in [0.4, 0.5) is 11.4 Å². The van der Waals surface area contributed by atoms with Crippen molar-refractivity contribution in [3.05, 3.63) is 54.1 Å². The number of hydrogen-bond donors (Lipinski definition) is 2. The number of amides is 3. The third-order valence-electron chi connectivity index (χ3n) is 6.53. The largest absolute Gasteiger partial charge is 0.482 e. The summed E-state index contributed by atoms with van der Waals surface area (Å²) < 4.78 is 5.38. The minimum absolute atomic E-state index is 0.0138. The molecule has 2 fully saturated rings. The fourth-order valence-corrected chi connectivity index (χ4v) is 5.10. The third-order valence-corrected chi connectivity index (χ3v) is 6.53. The van der Waals surface area contributed by atoms with Gasteiger partial charge in [-0.1, -0.05) is 31.0 Å². The Hall–Kier alpha value is -3.35. The van der Waals surface area contributed by atoms with Crippen molar-refractivity contribution >= 4 is 29.1 Å². The van der Waals surface area contributed by atoms with Crippen molar-refractivity contribution in [1.82, 2.24) is 4.90 Å². The van der Waals surface area contributed by atoms with Gasteiger partial charge < -0.3 is 20.3 Å². The number of nitrogens with zero attached hydrogens (tertiary/aromatic N) is 1. The second kappa shape index (κ2) is 8.06. The second-order valence-electron chi connectivity index (χ2n) is 8.48. The minimum Gasteiger partial charge on any atom is -0.482 e. The molecule has 5 rings (SSSR count). The molecule has 0 aromatic heterocycles. The summed E-state index contributed by atoms with van der Waals surface area (Å²) in [7, 11) is 0. The lowest BCUT2D eigenvalue weighted by atomic mass is 9.84. The summed E-state index contributed by atoms with van der Waals surface area (Å²) >= 11 is 0. The molecule has 2 aromatic rings. The molecule has 7 heteroatoms. The highest BCUT2D eigenvalue weighted by Crippen LogP contribution is 2.41. The van der Waals surface area contributed by atoms with Crippen molar-refractivity contribution < 1.29 is 19.1 Å². The van der Waals surface area contributed by atoms with E-state index in [-0.39, 0.29) is 30.4 Å². The van der Waals surface area contributed by atoms with Crippen LogP contribution < -0.4 is 15.4 Å². The Morgan fingerprint density at radius 1 is 1.06 bits per heavy atom. The van der Waals surface area contributed by atoms with Crippen LogP contribution in [-0.2, 0) is 9.59 Å². The molecule has 1 aliphatic carbocycles. The Kier molecular flexibility index (Phi) is 5.10. The average molecular weight is 419 g/mol. The van der Waals surface area contributed by atoms with Crippen LogP contribution in [0.2, 0.25) is 0 Å². The van der Waals surface area contributed by atoms with E-state index < -0.39 is 6.04 Å². The van der Waals surface area contributed by atoms with Gasteiger partial charge in [0.2, 0.25) is 5.91 Å². The van der Waals surface area contributed by atoms with Crippen molar-refractivity contribution in [2.75, 3.05) is 17.2 Å². The van der Waals surface area contributed by atoms with E-state index in [0.717, 1.165) is 25.7 Å². The Balaban J connectivity index is 1.39. The number of nitrogens with one attached hydrogen (secondary N) is 2. The minimum atomic E-state index is -0.511. The van der Waals surface area contributed by atoms with Gasteiger partial charge in [-0.3, -0.25) is 14.4 Å². The Labute approximate surface area is 180 Å². The van der Waals surface area contributed by atoms with Crippen molar-refractivity contribution in [1.29, 1.82) is 0 Å². The molecule has 31 heavy (non-hydrogen) atoms. The molecule has 1 saturated heterocycles. The molecular weight excluding hydrogens is 394 g/mol. The van der Waals surface area contributed by atoms with Gasteiger partial charge in [0.05, 0.1) is 5.69 Å². The maximum absolute atomic E-state index is 13.4. The summed E-state index contributed by atoms with van der Waals surface area (Å²) in [4.78, 5) is 40.1. The van der Waals surface area contributed by atoms with E-state index in [1.165, 1.54) is 0 Å². The van der Waals surface area contributed by atoms with Crippen LogP contribution >= 0.6 is 0 Å². The summed E-state index contributed by atoms with van der Waals surface area (Å²) in [5.74, 6) is 0.428. The van der Waals surface area contributed by atoms with Crippen LogP contribution in [0.1, 0.15) is 42.5 Å². The van der Waals surface area contributed by atoms with Crippen molar-refractivity contribution in [3.8, 4) is 5.75 Å². The molecule has 160 valence electrons. The topological polar surface area (TPSA) is 87.7 Å². The summed E-state index contributed by atoms with van der Waals surface area (Å²) in [6.45, 7) is -0.0138. The van der Waals surface area contributed by atoms with Crippen LogP contribution in [0, 0.1) is 5.92 Å². The average Bonchev–Trinajstić information content (AvgIpc) is 3.18. The van der Waals surface area contributed by atoms with Gasteiger partial charge in [-0.15, -0.1) is 0 Å². The second-order valence-corrected chi connectivity index (χ2v) is 8.48. The summed E-state index contributed by atoms with van der Waals surface area (Å²) in [6, 6.07) is 13.9. The molecule has 0 radical (unpaired) electrons. The Morgan fingerprint density at radius 3 is 2.71 bits per heavy atom. The molecule has 3 amide bonds. The highest BCUT2D eigenvalue weighted by molar-refractivity contribution is 6.02. The number of hydrogen-bond acceptors (Lipinski definition) is 4. The SMILES string of the molecule is O=C1COc2ccc(NC(=O)C3CC4CCCCC4N3C(=O)c3ccccc3)cc2N1. The van der Waals surface area contributed by atoms with Gasteiger partial charge >= 0.3 is 0 Å². The standard InChI is InChI=1S/C24H25N3O4/c28-22-14-31-21-11-10-17(13-18(21)26-22)25-23(29)20-12-16-8-4-5-9-19(16)27(20)24(30)15-6-2-1-3-7-15/h1-3,6-7,10-11,13,16,19-20H,4-5,8-9,12,14H2,(H,25,29)(H,26,28). The van der Waals surface area contributed by atoms with Crippen LogP contribution in [0.15, 0.2) is 48.5 Å². The van der Waals surface area contributed by atoms with Gasteiger partial charge in [0, 0.05) is 17.3 Å². The van der Waals surface area contributed by atoms with Crippen LogP contribution in [0.25, 0.3) is 0 Å². The Morgan fingerprint density at radius 2 is 1.87 bits per heavy atom. The monoisotopic (exact) mass is 419 g/mol. The molecule has 1 saturated carbocycles. The van der Waals surface area contributed by atoms with Gasteiger partial charge in [-0.05, 0) is 55.5 Å². The lowest BCUT2D eigenvalue weighted by Crippen LogP contribution is -2.47. The number of anilines is 2. The zero-order valence-electron chi connectivity index (χ0n) is 17.2. The highest BCUT2D eigenvalue weighted by atomic mass is 16.5. The smallest absolute Gasteiger partial charge is 0.262 e. The molecule has 3 aliphatic rings. The van der Waals surface area contributed by atoms with Gasteiger partial charge in [0.15, 0.2) is 6.61 Å². The summed E-state index contributed by atoms with van der Waals surface area (Å²) in [6.07, 6.45) is 4.90. The highest BCUT2D eigenvalue weighted by Gasteiger charge is 2.47. The van der Waals surface area contributed by atoms with Crippen LogP contribution in [0.5, 0.6) is 5.75 Å². The fourth-order valence-electron chi connectivity index (χ4n) is 5.10. The van der Waals surface area contributed by atoms with Crippen LogP contribution in [-0.4, -0.2) is 41.3 Å². The molecule has 2 N–H and O–H groups in total. The number of fused-ring (bicyclic) bond motifs is 2. The van der Waals surface area contributed by atoms with Gasteiger partial charge in [-0.2, -0.15) is 0 Å². The first-order valence-electron chi connectivity index (χ1n) is 10.9. The van der Waals surface area contributed by atoms with E-state index in [1.54, 1.807) is 30.3 Å². The summed E-state index contributed by atoms with van der Waals surface area (Å²) in [5, 5.41) is 5.71. The van der Waals surface area contributed by atoms with Crippen molar-refractivity contribution in [2.24, 2.45) is 5.92 Å². The predicted molar refractivity (Wildman–Crippen MR) is 116 cm³/mol. The zero-order valence-corrected chi connectivity index (χ0v) is 17.2. The third kappa shape index (κ3) is 3.76. The molecule has 2 aliphatic heterocycles. The van der Waals surface area contributed by atoms with Gasteiger partial charge in [0.1, 0.15) is 11.8 Å². The van der Waals surface area contributed by atoms with E-state index in [1.807, 2.05) is 23.1 Å². The number of benzene rings is 2. The zero-order chi connectivity index (χ0) is 21.4. The molecule has 3 unspecified atom stereocenters. The maximum atomic E-state index is 13.4.